The molecule has 0 radical (unpaired) electrons. The van der Waals surface area contributed by atoms with Crippen molar-refractivity contribution in [2.45, 2.75) is 56.6 Å². The van der Waals surface area contributed by atoms with Gasteiger partial charge in [0.05, 0.1) is 24.1 Å². The van der Waals surface area contributed by atoms with Crippen molar-refractivity contribution >= 4 is 45.1 Å². The molecule has 10 heteroatoms. The number of halogens is 2. The van der Waals surface area contributed by atoms with E-state index in [0.717, 1.165) is 0 Å². The number of nitrogens with one attached hydrogen (secondary N) is 1. The molecule has 0 saturated carbocycles. The predicted molar refractivity (Wildman–Crippen MR) is 165 cm³/mol. The van der Waals surface area contributed by atoms with Gasteiger partial charge in [-0.15, -0.1) is 0 Å². The van der Waals surface area contributed by atoms with Crippen LogP contribution in [0.3, 0.4) is 0 Å². The van der Waals surface area contributed by atoms with Crippen LogP contribution in [-0.2, 0) is 24.3 Å². The molecule has 1 heterocycles. The van der Waals surface area contributed by atoms with Crippen LogP contribution in [0, 0.1) is 12.8 Å². The molecular formula is C32H34Cl2N2O5S. The van der Waals surface area contributed by atoms with Crippen LogP contribution in [0.15, 0.2) is 89.3 Å². The Bertz CT molecular complexity index is 1590. The lowest BCUT2D eigenvalue weighted by Crippen LogP contribution is -2.48. The zero-order chi connectivity index (χ0) is 30.6. The zero-order valence-corrected chi connectivity index (χ0v) is 26.2. The summed E-state index contributed by atoms with van der Waals surface area (Å²) in [6.07, 6.45) is 2.31. The van der Waals surface area contributed by atoms with Crippen molar-refractivity contribution in [2.75, 3.05) is 7.11 Å². The fourth-order valence-corrected chi connectivity index (χ4v) is 7.63. The number of aryl methyl sites for hydroxylation is 1. The van der Waals surface area contributed by atoms with E-state index in [1.54, 1.807) is 85.8 Å². The largest absolute Gasteiger partial charge is 0.467 e. The second-order valence-corrected chi connectivity index (χ2v) is 13.4. The molecule has 3 aromatic rings. The van der Waals surface area contributed by atoms with Crippen LogP contribution in [0.1, 0.15) is 55.5 Å². The van der Waals surface area contributed by atoms with Gasteiger partial charge in [0.15, 0.2) is 0 Å². The molecule has 0 spiro atoms. The van der Waals surface area contributed by atoms with Crippen molar-refractivity contribution < 1.29 is 22.7 Å². The highest BCUT2D eigenvalue weighted by molar-refractivity contribution is 7.89. The lowest BCUT2D eigenvalue weighted by molar-refractivity contribution is -0.145. The third kappa shape index (κ3) is 6.89. The van der Waals surface area contributed by atoms with Gasteiger partial charge in [-0.05, 0) is 72.7 Å². The first-order valence-corrected chi connectivity index (χ1v) is 15.8. The van der Waals surface area contributed by atoms with Gasteiger partial charge in [0, 0.05) is 15.6 Å². The van der Waals surface area contributed by atoms with Crippen LogP contribution in [-0.4, -0.2) is 37.8 Å². The third-order valence-corrected chi connectivity index (χ3v) is 9.77. The molecular weight excluding hydrogens is 595 g/mol. The zero-order valence-electron chi connectivity index (χ0n) is 23.9. The molecule has 1 N–H and O–H groups in total. The fraction of sp³-hybridized carbons (Fsp3) is 0.312. The van der Waals surface area contributed by atoms with E-state index in [1.165, 1.54) is 11.4 Å². The summed E-state index contributed by atoms with van der Waals surface area (Å²) in [4.78, 5) is 26.7. The molecule has 0 saturated heterocycles. The lowest BCUT2D eigenvalue weighted by atomic mass is 9.88. The molecule has 1 aliphatic rings. The molecule has 1 aliphatic heterocycles. The number of amides is 1. The smallest absolute Gasteiger partial charge is 0.328 e. The van der Waals surface area contributed by atoms with Crippen molar-refractivity contribution in [2.24, 2.45) is 5.92 Å². The van der Waals surface area contributed by atoms with Crippen LogP contribution >= 0.6 is 23.2 Å². The maximum atomic E-state index is 14.7. The summed E-state index contributed by atoms with van der Waals surface area (Å²) >= 11 is 12.6. The number of carbonyl (C=O) groups excluding carboxylic acids is 2. The van der Waals surface area contributed by atoms with Gasteiger partial charge in [0.2, 0.25) is 15.9 Å². The molecule has 0 fully saturated rings. The Hall–Kier alpha value is -3.17. The summed E-state index contributed by atoms with van der Waals surface area (Å²) in [6.45, 7) is 5.60. The highest BCUT2D eigenvalue weighted by atomic mass is 35.5. The Morgan fingerprint density at radius 2 is 1.67 bits per heavy atom. The fourth-order valence-electron chi connectivity index (χ4n) is 5.29. The second-order valence-electron chi connectivity index (χ2n) is 10.7. The summed E-state index contributed by atoms with van der Waals surface area (Å²) in [5.41, 5.74) is 1.99. The highest BCUT2D eigenvalue weighted by Gasteiger charge is 2.45. The first-order valence-electron chi connectivity index (χ1n) is 13.6. The number of rotatable bonds is 9. The Morgan fingerprint density at radius 1 is 0.976 bits per heavy atom. The van der Waals surface area contributed by atoms with E-state index in [0.29, 0.717) is 33.2 Å². The van der Waals surface area contributed by atoms with Crippen LogP contribution < -0.4 is 5.32 Å². The minimum Gasteiger partial charge on any atom is -0.467 e. The molecule has 0 aromatic heterocycles. The molecule has 3 aromatic carbocycles. The number of hydrogen-bond donors (Lipinski definition) is 1. The predicted octanol–water partition coefficient (Wildman–Crippen LogP) is 6.81. The average molecular weight is 630 g/mol. The minimum atomic E-state index is -4.20. The normalized spacial score (nSPS) is 18.3. The van der Waals surface area contributed by atoms with Crippen molar-refractivity contribution in [3.8, 4) is 0 Å². The van der Waals surface area contributed by atoms with Crippen molar-refractivity contribution in [1.29, 1.82) is 0 Å². The summed E-state index contributed by atoms with van der Waals surface area (Å²) in [5.74, 6) is -1.04. The average Bonchev–Trinajstić information content (AvgIpc) is 2.96. The number of methoxy groups -OCH3 is 1. The first-order chi connectivity index (χ1) is 19.9. The SMILES string of the molecule is COC(=O)[C@H](CC(C)C)NC(=O)C1=CCC(c2ccc(Cl)cc2)N(S(=O)(=O)c2ccccc2C)C1c1cccc(Cl)c1. The number of hydrogen-bond acceptors (Lipinski definition) is 5. The number of sulfonamides is 1. The monoisotopic (exact) mass is 628 g/mol. The highest BCUT2D eigenvalue weighted by Crippen LogP contribution is 2.46. The molecule has 7 nitrogen and oxygen atoms in total. The van der Waals surface area contributed by atoms with Gasteiger partial charge < -0.3 is 10.1 Å². The van der Waals surface area contributed by atoms with E-state index in [2.05, 4.69) is 5.32 Å². The van der Waals surface area contributed by atoms with Crippen LogP contribution in [0.5, 0.6) is 0 Å². The standard InChI is InChI=1S/C32H34Cl2N2O5S/c1-20(2)18-27(32(38)41-4)35-31(37)26-16-17-28(22-12-14-24(33)15-13-22)36(30(26)23-9-7-10-25(34)19-23)42(39,40)29-11-6-5-8-21(29)3/h5-16,19-20,27-28,30H,17-18H2,1-4H3,(H,35,37)/t27-,28?,30?/m0/s1. The molecule has 42 heavy (non-hydrogen) atoms. The molecule has 222 valence electrons. The van der Waals surface area contributed by atoms with E-state index < -0.39 is 40.0 Å². The van der Waals surface area contributed by atoms with Gasteiger partial charge in [-0.3, -0.25) is 4.79 Å². The van der Waals surface area contributed by atoms with Crippen LogP contribution in [0.4, 0.5) is 0 Å². The molecule has 0 aliphatic carbocycles. The maximum absolute atomic E-state index is 14.7. The molecule has 2 unspecified atom stereocenters. The van der Waals surface area contributed by atoms with Gasteiger partial charge in [-0.1, -0.05) is 85.6 Å². The summed E-state index contributed by atoms with van der Waals surface area (Å²) < 4.78 is 35.6. The third-order valence-electron chi connectivity index (χ3n) is 7.25. The van der Waals surface area contributed by atoms with Crippen molar-refractivity contribution in [1.82, 2.24) is 9.62 Å². The quantitative estimate of drug-likeness (QED) is 0.263. The number of carbonyl (C=O) groups is 2. The molecule has 0 bridgehead atoms. The minimum absolute atomic E-state index is 0.0886. The number of benzene rings is 3. The Morgan fingerprint density at radius 3 is 2.29 bits per heavy atom. The molecule has 1 amide bonds. The number of esters is 1. The van der Waals surface area contributed by atoms with Crippen molar-refractivity contribution in [3.05, 3.63) is 111 Å². The first kappa shape index (κ1) is 31.8. The number of ether oxygens (including phenoxy) is 1. The Labute approximate surface area is 257 Å². The van der Waals surface area contributed by atoms with Crippen LogP contribution in [0.25, 0.3) is 0 Å². The Balaban J connectivity index is 1.93. The van der Waals surface area contributed by atoms with E-state index in [4.69, 9.17) is 27.9 Å². The van der Waals surface area contributed by atoms with Crippen LogP contribution in [0.2, 0.25) is 10.0 Å². The van der Waals surface area contributed by atoms with Crippen molar-refractivity contribution in [3.63, 3.8) is 0 Å². The maximum Gasteiger partial charge on any atom is 0.328 e. The van der Waals surface area contributed by atoms with E-state index in [1.807, 2.05) is 13.8 Å². The van der Waals surface area contributed by atoms with Gasteiger partial charge in [-0.25, -0.2) is 13.2 Å². The summed E-state index contributed by atoms with van der Waals surface area (Å²) in [7, 11) is -2.93. The number of nitrogens with zero attached hydrogens (tertiary/aromatic N) is 1. The topological polar surface area (TPSA) is 92.8 Å². The van der Waals surface area contributed by atoms with Gasteiger partial charge >= 0.3 is 5.97 Å². The lowest BCUT2D eigenvalue weighted by Gasteiger charge is -2.41. The molecule has 3 atom stereocenters. The van der Waals surface area contributed by atoms with E-state index in [9.17, 15) is 18.0 Å². The van der Waals surface area contributed by atoms with E-state index in [-0.39, 0.29) is 22.8 Å². The van der Waals surface area contributed by atoms with E-state index >= 15 is 0 Å². The van der Waals surface area contributed by atoms with Gasteiger partial charge in [-0.2, -0.15) is 4.31 Å². The summed E-state index contributed by atoms with van der Waals surface area (Å²) in [6, 6.07) is 17.9. The van der Waals surface area contributed by atoms with Gasteiger partial charge in [0.25, 0.3) is 0 Å². The summed E-state index contributed by atoms with van der Waals surface area (Å²) in [5, 5.41) is 3.72. The Kier molecular flexibility index (Phi) is 10.1. The second kappa shape index (κ2) is 13.4. The van der Waals surface area contributed by atoms with Gasteiger partial charge in [0.1, 0.15) is 6.04 Å². The molecule has 4 rings (SSSR count).